The lowest BCUT2D eigenvalue weighted by Crippen LogP contribution is -2.49. The third-order valence-corrected chi connectivity index (χ3v) is 6.02. The van der Waals surface area contributed by atoms with Gasteiger partial charge in [-0.2, -0.15) is 0 Å². The van der Waals surface area contributed by atoms with Crippen LogP contribution in [0.3, 0.4) is 0 Å². The maximum Gasteiger partial charge on any atom is 0.243 e. The molecule has 2 aromatic rings. The topological polar surface area (TPSA) is 69.7 Å². The van der Waals surface area contributed by atoms with E-state index in [0.29, 0.717) is 32.5 Å². The predicted molar refractivity (Wildman–Crippen MR) is 113 cm³/mol. The van der Waals surface area contributed by atoms with Gasteiger partial charge in [0.1, 0.15) is 6.04 Å². The molecule has 0 spiro atoms. The summed E-state index contributed by atoms with van der Waals surface area (Å²) in [6, 6.07) is 13.1. The van der Waals surface area contributed by atoms with E-state index in [0.717, 1.165) is 16.9 Å². The van der Waals surface area contributed by atoms with Crippen molar-refractivity contribution in [1.82, 2.24) is 15.1 Å². The fourth-order valence-corrected chi connectivity index (χ4v) is 4.27. The van der Waals surface area contributed by atoms with Crippen LogP contribution in [0.25, 0.3) is 0 Å². The predicted octanol–water partition coefficient (Wildman–Crippen LogP) is 2.45. The van der Waals surface area contributed by atoms with Crippen LogP contribution in [0.15, 0.2) is 47.8 Å². The van der Waals surface area contributed by atoms with E-state index in [1.165, 1.54) is 0 Å². The van der Waals surface area contributed by atoms with Gasteiger partial charge >= 0.3 is 0 Å². The first kappa shape index (κ1) is 21.0. The maximum atomic E-state index is 12.7. The van der Waals surface area contributed by atoms with Gasteiger partial charge in [0.05, 0.1) is 13.0 Å². The number of hydrogen-bond donors (Lipinski definition) is 1. The minimum absolute atomic E-state index is 0.0318. The average Bonchev–Trinajstić information content (AvgIpc) is 3.42. The molecule has 2 heterocycles. The Kier molecular flexibility index (Phi) is 7.41. The van der Waals surface area contributed by atoms with Gasteiger partial charge in [0, 0.05) is 24.5 Å². The SMILES string of the molecule is CCN(Cc1ccccc1)C(=O)CNC(=O)C1CCCN1C(=O)Cc1cccs1. The van der Waals surface area contributed by atoms with Gasteiger partial charge in [-0.15, -0.1) is 11.3 Å². The Morgan fingerprint density at radius 2 is 1.97 bits per heavy atom. The van der Waals surface area contributed by atoms with Gasteiger partial charge < -0.3 is 15.1 Å². The molecule has 1 N–H and O–H groups in total. The lowest BCUT2D eigenvalue weighted by molar-refractivity contribution is -0.139. The molecular weight excluding hydrogens is 386 g/mol. The molecule has 1 saturated heterocycles. The van der Waals surface area contributed by atoms with Crippen LogP contribution in [-0.2, 0) is 27.3 Å². The summed E-state index contributed by atoms with van der Waals surface area (Å²) in [5.74, 6) is -0.402. The molecule has 1 aromatic heterocycles. The van der Waals surface area contributed by atoms with Crippen molar-refractivity contribution in [2.24, 2.45) is 0 Å². The first-order chi connectivity index (χ1) is 14.1. The third kappa shape index (κ3) is 5.67. The van der Waals surface area contributed by atoms with Crippen molar-refractivity contribution >= 4 is 29.1 Å². The second-order valence-corrected chi connectivity index (χ2v) is 8.14. The Bertz CT molecular complexity index is 823. The Balaban J connectivity index is 1.51. The number of rotatable bonds is 8. The molecule has 0 bridgehead atoms. The fraction of sp³-hybridized carbons (Fsp3) is 0.409. The van der Waals surface area contributed by atoms with Crippen molar-refractivity contribution in [3.63, 3.8) is 0 Å². The van der Waals surface area contributed by atoms with Gasteiger partial charge in [0.2, 0.25) is 17.7 Å². The number of likely N-dealkylation sites (N-methyl/N-ethyl adjacent to an activating group) is 1. The second kappa shape index (κ2) is 10.2. The third-order valence-electron chi connectivity index (χ3n) is 5.15. The van der Waals surface area contributed by atoms with Gasteiger partial charge in [-0.05, 0) is 36.8 Å². The second-order valence-electron chi connectivity index (χ2n) is 7.11. The molecule has 1 unspecified atom stereocenters. The molecule has 0 aliphatic carbocycles. The molecule has 6 nitrogen and oxygen atoms in total. The highest BCUT2D eigenvalue weighted by Crippen LogP contribution is 2.20. The van der Waals surface area contributed by atoms with Crippen molar-refractivity contribution in [2.75, 3.05) is 19.6 Å². The van der Waals surface area contributed by atoms with E-state index in [2.05, 4.69) is 5.32 Å². The number of nitrogens with one attached hydrogen (secondary N) is 1. The van der Waals surface area contributed by atoms with Crippen LogP contribution in [0.4, 0.5) is 0 Å². The minimum Gasteiger partial charge on any atom is -0.345 e. The van der Waals surface area contributed by atoms with Gasteiger partial charge in [0.25, 0.3) is 0 Å². The first-order valence-corrected chi connectivity index (χ1v) is 10.9. The van der Waals surface area contributed by atoms with Crippen LogP contribution in [0.1, 0.15) is 30.2 Å². The standard InChI is InChI=1S/C22H27N3O3S/c1-2-24(16-17-8-4-3-5-9-17)21(27)15-23-22(28)19-11-6-12-25(19)20(26)14-18-10-7-13-29-18/h3-5,7-10,13,19H,2,6,11-12,14-16H2,1H3,(H,23,28). The number of hydrogen-bond acceptors (Lipinski definition) is 4. The molecule has 1 fully saturated rings. The largest absolute Gasteiger partial charge is 0.345 e. The van der Waals surface area contributed by atoms with Crippen molar-refractivity contribution in [2.45, 2.75) is 38.8 Å². The fourth-order valence-electron chi connectivity index (χ4n) is 3.57. The summed E-state index contributed by atoms with van der Waals surface area (Å²) in [6.07, 6.45) is 1.76. The smallest absolute Gasteiger partial charge is 0.243 e. The minimum atomic E-state index is -0.487. The Morgan fingerprint density at radius 1 is 1.17 bits per heavy atom. The molecule has 1 aromatic carbocycles. The lowest BCUT2D eigenvalue weighted by atomic mass is 10.2. The molecular formula is C22H27N3O3S. The first-order valence-electron chi connectivity index (χ1n) is 9.99. The van der Waals surface area contributed by atoms with Crippen molar-refractivity contribution in [3.05, 3.63) is 58.3 Å². The van der Waals surface area contributed by atoms with Crippen LogP contribution in [0, 0.1) is 0 Å². The van der Waals surface area contributed by atoms with Gasteiger partial charge in [-0.3, -0.25) is 14.4 Å². The van der Waals surface area contributed by atoms with Gasteiger partial charge in [-0.1, -0.05) is 36.4 Å². The summed E-state index contributed by atoms with van der Waals surface area (Å²) >= 11 is 1.54. The van der Waals surface area contributed by atoms with Gasteiger partial charge in [0.15, 0.2) is 0 Å². The van der Waals surface area contributed by atoms with Crippen LogP contribution < -0.4 is 5.32 Å². The monoisotopic (exact) mass is 413 g/mol. The van der Waals surface area contributed by atoms with Crippen LogP contribution in [0.5, 0.6) is 0 Å². The molecule has 0 radical (unpaired) electrons. The molecule has 3 amide bonds. The van der Waals surface area contributed by atoms with E-state index in [4.69, 9.17) is 0 Å². The highest BCUT2D eigenvalue weighted by molar-refractivity contribution is 7.10. The molecule has 29 heavy (non-hydrogen) atoms. The van der Waals surface area contributed by atoms with Crippen LogP contribution in [-0.4, -0.2) is 53.2 Å². The van der Waals surface area contributed by atoms with E-state index in [-0.39, 0.29) is 24.3 Å². The highest BCUT2D eigenvalue weighted by Gasteiger charge is 2.34. The summed E-state index contributed by atoms with van der Waals surface area (Å²) in [5.41, 5.74) is 1.05. The zero-order valence-corrected chi connectivity index (χ0v) is 17.5. The summed E-state index contributed by atoms with van der Waals surface area (Å²) < 4.78 is 0. The summed E-state index contributed by atoms with van der Waals surface area (Å²) in [6.45, 7) is 3.54. The van der Waals surface area contributed by atoms with E-state index in [9.17, 15) is 14.4 Å². The molecule has 154 valence electrons. The lowest BCUT2D eigenvalue weighted by Gasteiger charge is -2.25. The summed E-state index contributed by atoms with van der Waals surface area (Å²) in [7, 11) is 0. The van der Waals surface area contributed by atoms with Gasteiger partial charge in [-0.25, -0.2) is 0 Å². The number of likely N-dealkylation sites (tertiary alicyclic amines) is 1. The zero-order chi connectivity index (χ0) is 20.6. The Morgan fingerprint density at radius 3 is 2.66 bits per heavy atom. The van der Waals surface area contributed by atoms with Crippen LogP contribution >= 0.6 is 11.3 Å². The highest BCUT2D eigenvalue weighted by atomic mass is 32.1. The van der Waals surface area contributed by atoms with Crippen molar-refractivity contribution in [3.8, 4) is 0 Å². The molecule has 7 heteroatoms. The normalized spacial score (nSPS) is 15.9. The quantitative estimate of drug-likeness (QED) is 0.723. The van der Waals surface area contributed by atoms with E-state index in [1.54, 1.807) is 21.1 Å². The molecule has 1 aliphatic heterocycles. The number of carbonyl (C=O) groups excluding carboxylic acids is 3. The average molecular weight is 414 g/mol. The Hall–Kier alpha value is -2.67. The van der Waals surface area contributed by atoms with E-state index < -0.39 is 6.04 Å². The maximum absolute atomic E-state index is 12.7. The van der Waals surface area contributed by atoms with E-state index >= 15 is 0 Å². The zero-order valence-electron chi connectivity index (χ0n) is 16.7. The molecule has 3 rings (SSSR count). The summed E-state index contributed by atoms with van der Waals surface area (Å²) in [5, 5.41) is 4.69. The number of carbonyl (C=O) groups is 3. The van der Waals surface area contributed by atoms with E-state index in [1.807, 2.05) is 54.8 Å². The Labute approximate surface area is 175 Å². The number of amides is 3. The summed E-state index contributed by atoms with van der Waals surface area (Å²) in [4.78, 5) is 42.2. The number of thiophene rings is 1. The molecule has 0 saturated carbocycles. The molecule has 1 aliphatic rings. The number of benzene rings is 1. The van der Waals surface area contributed by atoms with Crippen LogP contribution in [0.2, 0.25) is 0 Å². The van der Waals surface area contributed by atoms with Crippen molar-refractivity contribution < 1.29 is 14.4 Å². The van der Waals surface area contributed by atoms with Crippen molar-refractivity contribution in [1.29, 1.82) is 0 Å². The number of nitrogens with zero attached hydrogens (tertiary/aromatic N) is 2. The molecule has 1 atom stereocenters.